The highest BCUT2D eigenvalue weighted by Gasteiger charge is 2.26. The van der Waals surface area contributed by atoms with E-state index in [1.165, 1.54) is 23.7 Å². The summed E-state index contributed by atoms with van der Waals surface area (Å²) in [6.45, 7) is 2.53. The maximum absolute atomic E-state index is 12.2. The third-order valence-corrected chi connectivity index (χ3v) is 5.00. The van der Waals surface area contributed by atoms with Gasteiger partial charge in [0.2, 0.25) is 5.91 Å². The Morgan fingerprint density at radius 3 is 2.78 bits per heavy atom. The number of allylic oxidation sites excluding steroid dienone is 2. The summed E-state index contributed by atoms with van der Waals surface area (Å²) in [6.07, 6.45) is 11.1. The first-order valence-electron chi connectivity index (χ1n) is 8.30. The van der Waals surface area contributed by atoms with Crippen LogP contribution in [0, 0.1) is 0 Å². The average molecular weight is 375 g/mol. The minimum absolute atomic E-state index is 0.147. The number of carbonyl (C=O) groups excluding carboxylic acids is 1. The summed E-state index contributed by atoms with van der Waals surface area (Å²) in [5.74, 6) is 0.147. The van der Waals surface area contributed by atoms with Crippen LogP contribution in [-0.2, 0) is 11.3 Å². The summed E-state index contributed by atoms with van der Waals surface area (Å²) in [5.41, 5.74) is 2.22. The monoisotopic (exact) mass is 374 g/mol. The Labute approximate surface area is 146 Å². The summed E-state index contributed by atoms with van der Waals surface area (Å²) in [7, 11) is 0. The summed E-state index contributed by atoms with van der Waals surface area (Å²) in [5, 5.41) is 2.09. The van der Waals surface area contributed by atoms with Crippen LogP contribution in [0.5, 0.6) is 0 Å². The number of benzene rings is 1. The van der Waals surface area contributed by atoms with Crippen LogP contribution in [0.25, 0.3) is 10.9 Å². The lowest BCUT2D eigenvalue weighted by Crippen LogP contribution is -2.37. The van der Waals surface area contributed by atoms with E-state index in [2.05, 4.69) is 63.1 Å². The van der Waals surface area contributed by atoms with Crippen molar-refractivity contribution in [3.05, 3.63) is 42.6 Å². The third-order valence-electron chi connectivity index (χ3n) is 4.62. The lowest BCUT2D eigenvalue weighted by Gasteiger charge is -2.28. The highest BCUT2D eigenvalue weighted by Crippen LogP contribution is 2.30. The average Bonchev–Trinajstić information content (AvgIpc) is 3.18. The molecule has 1 saturated carbocycles. The van der Waals surface area contributed by atoms with E-state index in [0.717, 1.165) is 30.4 Å². The SMILES string of the molecule is CC(=O)N(c1ccc2ccn(C/C=C/CBr)c2c1)C1CCCC1. The van der Waals surface area contributed by atoms with E-state index in [1.54, 1.807) is 6.92 Å². The van der Waals surface area contributed by atoms with Crippen LogP contribution in [0.3, 0.4) is 0 Å². The van der Waals surface area contributed by atoms with Crippen LogP contribution in [0.1, 0.15) is 32.6 Å². The number of rotatable bonds is 5. The lowest BCUT2D eigenvalue weighted by molar-refractivity contribution is -0.117. The van der Waals surface area contributed by atoms with Crippen molar-refractivity contribution in [2.45, 2.75) is 45.2 Å². The third kappa shape index (κ3) is 3.52. The van der Waals surface area contributed by atoms with Crippen molar-refractivity contribution in [2.24, 2.45) is 0 Å². The number of aromatic nitrogens is 1. The predicted octanol–water partition coefficient (Wildman–Crippen LogP) is 4.89. The number of nitrogens with zero attached hydrogens (tertiary/aromatic N) is 2. The number of halogens is 1. The van der Waals surface area contributed by atoms with Crippen LogP contribution in [0.15, 0.2) is 42.6 Å². The van der Waals surface area contributed by atoms with Gasteiger partial charge in [0, 0.05) is 36.7 Å². The molecule has 1 aliphatic carbocycles. The second-order valence-electron chi connectivity index (χ2n) is 6.16. The molecule has 0 spiro atoms. The Balaban J connectivity index is 1.95. The van der Waals surface area contributed by atoms with Crippen molar-refractivity contribution in [1.29, 1.82) is 0 Å². The van der Waals surface area contributed by atoms with Crippen molar-refractivity contribution < 1.29 is 4.79 Å². The zero-order valence-corrected chi connectivity index (χ0v) is 15.1. The van der Waals surface area contributed by atoms with Gasteiger partial charge in [-0.2, -0.15) is 0 Å². The predicted molar refractivity (Wildman–Crippen MR) is 100 cm³/mol. The maximum Gasteiger partial charge on any atom is 0.224 e. The Morgan fingerprint density at radius 2 is 2.09 bits per heavy atom. The second-order valence-corrected chi connectivity index (χ2v) is 6.81. The van der Waals surface area contributed by atoms with Gasteiger partial charge in [-0.3, -0.25) is 4.79 Å². The largest absolute Gasteiger partial charge is 0.344 e. The van der Waals surface area contributed by atoms with Crippen molar-refractivity contribution in [1.82, 2.24) is 4.57 Å². The molecule has 1 aromatic heterocycles. The van der Waals surface area contributed by atoms with Crippen molar-refractivity contribution in [2.75, 3.05) is 10.2 Å². The van der Waals surface area contributed by atoms with Gasteiger partial charge in [-0.15, -0.1) is 0 Å². The first-order valence-corrected chi connectivity index (χ1v) is 9.42. The molecule has 0 unspecified atom stereocenters. The molecular formula is C19H23BrN2O. The summed E-state index contributed by atoms with van der Waals surface area (Å²) in [4.78, 5) is 14.2. The van der Waals surface area contributed by atoms with E-state index >= 15 is 0 Å². The topological polar surface area (TPSA) is 25.2 Å². The fraction of sp³-hybridized carbons (Fsp3) is 0.421. The fourth-order valence-electron chi connectivity index (χ4n) is 3.54. The van der Waals surface area contributed by atoms with Crippen molar-refractivity contribution >= 4 is 38.4 Å². The van der Waals surface area contributed by atoms with Crippen LogP contribution in [0.4, 0.5) is 5.69 Å². The molecule has 1 heterocycles. The van der Waals surface area contributed by atoms with Crippen LogP contribution >= 0.6 is 15.9 Å². The number of amides is 1. The number of hydrogen-bond acceptors (Lipinski definition) is 1. The van der Waals surface area contributed by atoms with Gasteiger partial charge in [0.25, 0.3) is 0 Å². The molecule has 1 fully saturated rings. The molecule has 1 amide bonds. The van der Waals surface area contributed by atoms with Crippen LogP contribution in [-0.4, -0.2) is 21.8 Å². The normalized spacial score (nSPS) is 15.7. The quantitative estimate of drug-likeness (QED) is 0.540. The molecule has 1 aliphatic rings. The zero-order valence-electron chi connectivity index (χ0n) is 13.5. The lowest BCUT2D eigenvalue weighted by atomic mass is 10.1. The maximum atomic E-state index is 12.2. The van der Waals surface area contributed by atoms with E-state index in [1.807, 2.05) is 4.90 Å². The van der Waals surface area contributed by atoms with Gasteiger partial charge in [0.15, 0.2) is 0 Å². The molecule has 0 bridgehead atoms. The molecule has 23 heavy (non-hydrogen) atoms. The molecule has 1 aromatic carbocycles. The van der Waals surface area contributed by atoms with Crippen LogP contribution < -0.4 is 4.90 Å². The van der Waals surface area contributed by atoms with Gasteiger partial charge in [-0.25, -0.2) is 0 Å². The Kier molecular flexibility index (Phi) is 5.21. The van der Waals surface area contributed by atoms with E-state index in [4.69, 9.17) is 0 Å². The number of alkyl halides is 1. The van der Waals surface area contributed by atoms with Crippen LogP contribution in [0.2, 0.25) is 0 Å². The Morgan fingerprint density at radius 1 is 1.30 bits per heavy atom. The number of anilines is 1. The molecule has 0 atom stereocenters. The fourth-order valence-corrected chi connectivity index (χ4v) is 3.81. The molecule has 4 heteroatoms. The molecule has 0 aliphatic heterocycles. The van der Waals surface area contributed by atoms with Gasteiger partial charge < -0.3 is 9.47 Å². The van der Waals surface area contributed by atoms with Crippen molar-refractivity contribution in [3.8, 4) is 0 Å². The highest BCUT2D eigenvalue weighted by atomic mass is 79.9. The highest BCUT2D eigenvalue weighted by molar-refractivity contribution is 9.09. The zero-order chi connectivity index (χ0) is 16.2. The standard InChI is InChI=1S/C19H23BrN2O/c1-15(23)22(17-6-2-3-7-17)18-9-8-16-10-13-21(19(16)14-18)12-5-4-11-20/h4-5,8-10,13-14,17H,2-3,6-7,11-12H2,1H3/b5-4+. The van der Waals surface area contributed by atoms with Gasteiger partial charge in [0.05, 0.1) is 5.52 Å². The molecule has 3 nitrogen and oxygen atoms in total. The van der Waals surface area contributed by atoms with Gasteiger partial charge in [-0.05, 0) is 36.4 Å². The number of fused-ring (bicyclic) bond motifs is 1. The number of carbonyl (C=O) groups is 1. The second kappa shape index (κ2) is 7.35. The van der Waals surface area contributed by atoms with E-state index in [-0.39, 0.29) is 5.91 Å². The first kappa shape index (κ1) is 16.3. The van der Waals surface area contributed by atoms with E-state index in [9.17, 15) is 4.79 Å². The van der Waals surface area contributed by atoms with E-state index in [0.29, 0.717) is 6.04 Å². The number of hydrogen-bond donors (Lipinski definition) is 0. The summed E-state index contributed by atoms with van der Waals surface area (Å²) < 4.78 is 2.23. The summed E-state index contributed by atoms with van der Waals surface area (Å²) >= 11 is 3.41. The molecule has 0 N–H and O–H groups in total. The van der Waals surface area contributed by atoms with E-state index < -0.39 is 0 Å². The van der Waals surface area contributed by atoms with Gasteiger partial charge >= 0.3 is 0 Å². The molecular weight excluding hydrogens is 352 g/mol. The molecule has 2 aromatic rings. The summed E-state index contributed by atoms with van der Waals surface area (Å²) in [6, 6.07) is 8.87. The van der Waals surface area contributed by atoms with Gasteiger partial charge in [-0.1, -0.05) is 47.0 Å². The molecule has 0 saturated heterocycles. The van der Waals surface area contributed by atoms with Gasteiger partial charge in [0.1, 0.15) is 0 Å². The molecule has 122 valence electrons. The molecule has 0 radical (unpaired) electrons. The molecule has 3 rings (SSSR count). The Bertz CT molecular complexity index is 713. The first-order chi connectivity index (χ1) is 11.2. The Hall–Kier alpha value is -1.55. The minimum Gasteiger partial charge on any atom is -0.344 e. The smallest absolute Gasteiger partial charge is 0.224 e. The minimum atomic E-state index is 0.147. The van der Waals surface area contributed by atoms with Crippen molar-refractivity contribution in [3.63, 3.8) is 0 Å².